The first-order chi connectivity index (χ1) is 14.6. The Bertz CT molecular complexity index is 832. The SMILES string of the molecule is CCC(CC)c1cc(CNC(=NC)NCC2(c3cccc(Cl)c3)CCOCC2)on1.I. The van der Waals surface area contributed by atoms with Crippen LogP contribution < -0.4 is 10.6 Å². The van der Waals surface area contributed by atoms with Crippen LogP contribution >= 0.6 is 35.6 Å². The number of hydrogen-bond acceptors (Lipinski definition) is 4. The van der Waals surface area contributed by atoms with Crippen molar-refractivity contribution < 1.29 is 9.26 Å². The number of aliphatic imine (C=N–C) groups is 1. The summed E-state index contributed by atoms with van der Waals surface area (Å²) in [5.41, 5.74) is 2.24. The van der Waals surface area contributed by atoms with Crippen molar-refractivity contribution in [2.75, 3.05) is 26.8 Å². The first-order valence-corrected chi connectivity index (χ1v) is 11.2. The summed E-state index contributed by atoms with van der Waals surface area (Å²) in [6.45, 7) is 7.15. The lowest BCUT2D eigenvalue weighted by Gasteiger charge is -2.38. The van der Waals surface area contributed by atoms with Crippen molar-refractivity contribution in [1.29, 1.82) is 0 Å². The Morgan fingerprint density at radius 3 is 2.58 bits per heavy atom. The molecule has 8 heteroatoms. The van der Waals surface area contributed by atoms with E-state index in [9.17, 15) is 0 Å². The summed E-state index contributed by atoms with van der Waals surface area (Å²) in [6.07, 6.45) is 4.01. The molecular formula is C23H34ClIN4O2. The Kier molecular flexibility index (Phi) is 10.6. The molecule has 2 heterocycles. The molecule has 1 saturated heterocycles. The molecule has 1 fully saturated rings. The number of aromatic nitrogens is 1. The van der Waals surface area contributed by atoms with E-state index in [0.717, 1.165) is 67.9 Å². The molecule has 1 aliphatic rings. The number of ether oxygens (including phenoxy) is 1. The van der Waals surface area contributed by atoms with Crippen molar-refractivity contribution in [2.24, 2.45) is 4.99 Å². The largest absolute Gasteiger partial charge is 0.381 e. The van der Waals surface area contributed by atoms with E-state index < -0.39 is 0 Å². The molecule has 0 spiro atoms. The molecule has 1 aromatic carbocycles. The van der Waals surface area contributed by atoms with E-state index >= 15 is 0 Å². The van der Waals surface area contributed by atoms with Crippen LogP contribution in [0.25, 0.3) is 0 Å². The molecule has 3 rings (SSSR count). The highest BCUT2D eigenvalue weighted by molar-refractivity contribution is 14.0. The molecule has 1 aliphatic heterocycles. The van der Waals surface area contributed by atoms with Crippen molar-refractivity contribution >= 4 is 41.5 Å². The van der Waals surface area contributed by atoms with Gasteiger partial charge in [0.1, 0.15) is 0 Å². The molecule has 0 amide bonds. The molecule has 0 bridgehead atoms. The van der Waals surface area contributed by atoms with Crippen molar-refractivity contribution in [3.63, 3.8) is 0 Å². The summed E-state index contributed by atoms with van der Waals surface area (Å²) >= 11 is 6.27. The standard InChI is InChI=1S/C23H33ClN4O2.HI/c1-4-17(5-2)21-14-20(30-28-21)15-26-22(25-3)27-16-23(9-11-29-12-10-23)18-7-6-8-19(24)13-18;/h6-8,13-14,17H,4-5,9-12,15-16H2,1-3H3,(H2,25,26,27);1H. The van der Waals surface area contributed by atoms with Gasteiger partial charge in [-0.25, -0.2) is 0 Å². The second kappa shape index (κ2) is 12.6. The lowest BCUT2D eigenvalue weighted by molar-refractivity contribution is 0.0514. The van der Waals surface area contributed by atoms with Crippen LogP contribution in [-0.4, -0.2) is 37.9 Å². The molecule has 2 aromatic rings. The van der Waals surface area contributed by atoms with E-state index in [2.05, 4.69) is 46.8 Å². The van der Waals surface area contributed by atoms with Gasteiger partial charge in [-0.2, -0.15) is 0 Å². The number of hydrogen-bond donors (Lipinski definition) is 2. The van der Waals surface area contributed by atoms with Crippen LogP contribution in [-0.2, 0) is 16.7 Å². The summed E-state index contributed by atoms with van der Waals surface area (Å²) in [5, 5.41) is 11.8. The van der Waals surface area contributed by atoms with Crippen molar-refractivity contribution in [3.05, 3.63) is 52.4 Å². The van der Waals surface area contributed by atoms with Gasteiger partial charge in [0.25, 0.3) is 0 Å². The maximum Gasteiger partial charge on any atom is 0.191 e. The predicted molar refractivity (Wildman–Crippen MR) is 137 cm³/mol. The summed E-state index contributed by atoms with van der Waals surface area (Å²) in [6, 6.07) is 10.2. The van der Waals surface area contributed by atoms with Gasteiger partial charge in [-0.15, -0.1) is 24.0 Å². The van der Waals surface area contributed by atoms with E-state index in [1.807, 2.05) is 18.2 Å². The Hall–Kier alpha value is -1.32. The first kappa shape index (κ1) is 25.9. The van der Waals surface area contributed by atoms with Crippen LogP contribution in [0.3, 0.4) is 0 Å². The zero-order chi connectivity index (χ0) is 21.4. The van der Waals surface area contributed by atoms with Crippen LogP contribution in [0.4, 0.5) is 0 Å². The molecule has 0 atom stereocenters. The Balaban J connectivity index is 0.00000341. The number of nitrogens with one attached hydrogen (secondary N) is 2. The second-order valence-corrected chi connectivity index (χ2v) is 8.35. The minimum atomic E-state index is -0.0321. The molecule has 0 saturated carbocycles. The third kappa shape index (κ3) is 6.83. The van der Waals surface area contributed by atoms with E-state index in [1.165, 1.54) is 5.56 Å². The minimum Gasteiger partial charge on any atom is -0.381 e. The minimum absolute atomic E-state index is 0. The number of halogens is 2. The number of guanidine groups is 1. The lowest BCUT2D eigenvalue weighted by Crippen LogP contribution is -2.47. The van der Waals surface area contributed by atoms with Crippen LogP contribution in [0.15, 0.2) is 39.8 Å². The van der Waals surface area contributed by atoms with E-state index in [-0.39, 0.29) is 29.4 Å². The smallest absolute Gasteiger partial charge is 0.191 e. The maximum absolute atomic E-state index is 6.27. The highest BCUT2D eigenvalue weighted by Crippen LogP contribution is 2.35. The normalized spacial score (nSPS) is 16.1. The van der Waals surface area contributed by atoms with E-state index in [4.69, 9.17) is 20.9 Å². The molecule has 2 N–H and O–H groups in total. The van der Waals surface area contributed by atoms with Crippen molar-refractivity contribution in [3.8, 4) is 0 Å². The molecule has 0 aliphatic carbocycles. The van der Waals surface area contributed by atoms with Gasteiger partial charge < -0.3 is 19.9 Å². The highest BCUT2D eigenvalue weighted by Gasteiger charge is 2.34. The first-order valence-electron chi connectivity index (χ1n) is 10.8. The van der Waals surface area contributed by atoms with E-state index in [0.29, 0.717) is 12.5 Å². The topological polar surface area (TPSA) is 71.7 Å². The summed E-state index contributed by atoms with van der Waals surface area (Å²) in [4.78, 5) is 4.38. The third-order valence-corrected chi connectivity index (χ3v) is 6.35. The number of benzene rings is 1. The van der Waals surface area contributed by atoms with E-state index in [1.54, 1.807) is 7.05 Å². The van der Waals surface area contributed by atoms with Crippen LogP contribution in [0.5, 0.6) is 0 Å². The van der Waals surface area contributed by atoms with Gasteiger partial charge in [-0.1, -0.05) is 42.7 Å². The molecule has 0 unspecified atom stereocenters. The molecule has 1 aromatic heterocycles. The van der Waals surface area contributed by atoms with Crippen molar-refractivity contribution in [2.45, 2.75) is 57.4 Å². The summed E-state index contributed by atoms with van der Waals surface area (Å²) in [7, 11) is 1.78. The average Bonchev–Trinajstić information content (AvgIpc) is 3.24. The third-order valence-electron chi connectivity index (χ3n) is 6.12. The van der Waals surface area contributed by atoms with Gasteiger partial charge in [0, 0.05) is 49.2 Å². The quantitative estimate of drug-likeness (QED) is 0.262. The van der Waals surface area contributed by atoms with Gasteiger partial charge in [-0.3, -0.25) is 4.99 Å². The monoisotopic (exact) mass is 560 g/mol. The predicted octanol–water partition coefficient (Wildman–Crippen LogP) is 5.26. The maximum atomic E-state index is 6.27. The van der Waals surface area contributed by atoms with Gasteiger partial charge in [-0.05, 0) is 43.4 Å². The van der Waals surface area contributed by atoms with Crippen molar-refractivity contribution in [1.82, 2.24) is 15.8 Å². The van der Waals surface area contributed by atoms with Crippen LogP contribution in [0.1, 0.15) is 62.5 Å². The van der Waals surface area contributed by atoms with Gasteiger partial charge in [0.05, 0.1) is 12.2 Å². The van der Waals surface area contributed by atoms with Crippen LogP contribution in [0, 0.1) is 0 Å². The summed E-state index contributed by atoms with van der Waals surface area (Å²) in [5.74, 6) is 2.00. The Morgan fingerprint density at radius 2 is 1.94 bits per heavy atom. The molecule has 0 radical (unpaired) electrons. The lowest BCUT2D eigenvalue weighted by atomic mass is 9.74. The molecule has 31 heavy (non-hydrogen) atoms. The molecule has 6 nitrogen and oxygen atoms in total. The fourth-order valence-electron chi connectivity index (χ4n) is 4.10. The fourth-order valence-corrected chi connectivity index (χ4v) is 4.29. The molecule has 172 valence electrons. The zero-order valence-corrected chi connectivity index (χ0v) is 21.7. The second-order valence-electron chi connectivity index (χ2n) is 7.91. The Labute approximate surface area is 207 Å². The van der Waals surface area contributed by atoms with Gasteiger partial charge in [0.15, 0.2) is 11.7 Å². The zero-order valence-electron chi connectivity index (χ0n) is 18.6. The Morgan fingerprint density at radius 1 is 1.19 bits per heavy atom. The van der Waals surface area contributed by atoms with Crippen LogP contribution in [0.2, 0.25) is 5.02 Å². The molecular weight excluding hydrogens is 527 g/mol. The van der Waals surface area contributed by atoms with Gasteiger partial charge in [0.2, 0.25) is 0 Å². The van der Waals surface area contributed by atoms with Gasteiger partial charge >= 0.3 is 0 Å². The number of rotatable bonds is 8. The number of nitrogens with zero attached hydrogens (tertiary/aromatic N) is 2. The summed E-state index contributed by atoms with van der Waals surface area (Å²) < 4.78 is 11.1. The fraction of sp³-hybridized carbons (Fsp3) is 0.565. The average molecular weight is 561 g/mol. The highest BCUT2D eigenvalue weighted by atomic mass is 127.